The van der Waals surface area contributed by atoms with E-state index in [-0.39, 0.29) is 5.69 Å². The highest BCUT2D eigenvalue weighted by molar-refractivity contribution is 5.50. The molecule has 0 fully saturated rings. The summed E-state index contributed by atoms with van der Waals surface area (Å²) in [6, 6.07) is 13.7. The van der Waals surface area contributed by atoms with Crippen LogP contribution >= 0.6 is 0 Å². The fraction of sp³-hybridized carbons (Fsp3) is 0.250. The van der Waals surface area contributed by atoms with Crippen molar-refractivity contribution in [2.45, 2.75) is 19.3 Å². The van der Waals surface area contributed by atoms with Crippen molar-refractivity contribution >= 4 is 11.4 Å². The summed E-state index contributed by atoms with van der Waals surface area (Å²) in [7, 11) is 0. The molecule has 0 saturated heterocycles. The van der Waals surface area contributed by atoms with Gasteiger partial charge in [0.1, 0.15) is 0 Å². The normalized spacial score (nSPS) is 11.9. The van der Waals surface area contributed by atoms with Gasteiger partial charge in [0.2, 0.25) is 0 Å². The second-order valence-corrected chi connectivity index (χ2v) is 4.95. The first-order valence-electron chi connectivity index (χ1n) is 6.80. The number of hydrogen-bond acceptors (Lipinski definition) is 3. The van der Waals surface area contributed by atoms with Gasteiger partial charge >= 0.3 is 0 Å². The van der Waals surface area contributed by atoms with Crippen LogP contribution in [0, 0.1) is 15.9 Å². The Morgan fingerprint density at radius 1 is 1.24 bits per heavy atom. The van der Waals surface area contributed by atoms with Crippen LogP contribution in [0.5, 0.6) is 0 Å². The van der Waals surface area contributed by atoms with Gasteiger partial charge in [-0.2, -0.15) is 0 Å². The molecule has 2 aromatic carbocycles. The fourth-order valence-electron chi connectivity index (χ4n) is 2.13. The van der Waals surface area contributed by atoms with Gasteiger partial charge in [0, 0.05) is 12.6 Å². The molecule has 0 spiro atoms. The monoisotopic (exact) mass is 288 g/mol. The van der Waals surface area contributed by atoms with Crippen molar-refractivity contribution in [2.24, 2.45) is 0 Å². The van der Waals surface area contributed by atoms with Crippen molar-refractivity contribution in [1.82, 2.24) is 0 Å². The highest BCUT2D eigenvalue weighted by Gasteiger charge is 2.11. The average molecular weight is 288 g/mol. The largest absolute Gasteiger partial charge is 0.383 e. The summed E-state index contributed by atoms with van der Waals surface area (Å²) in [6.45, 7) is 2.72. The number of hydrogen-bond donors (Lipinski definition) is 1. The highest BCUT2D eigenvalue weighted by Crippen LogP contribution is 2.22. The van der Waals surface area contributed by atoms with Crippen LogP contribution in [-0.4, -0.2) is 11.5 Å². The molecule has 1 unspecified atom stereocenters. The van der Waals surface area contributed by atoms with Crippen molar-refractivity contribution in [3.63, 3.8) is 0 Å². The summed E-state index contributed by atoms with van der Waals surface area (Å²) in [6.07, 6.45) is 0.848. The summed E-state index contributed by atoms with van der Waals surface area (Å²) >= 11 is 0. The minimum Gasteiger partial charge on any atom is -0.383 e. The van der Waals surface area contributed by atoms with E-state index in [4.69, 9.17) is 0 Å². The molecule has 21 heavy (non-hydrogen) atoms. The summed E-state index contributed by atoms with van der Waals surface area (Å²) in [5.41, 5.74) is 1.29. The second kappa shape index (κ2) is 6.83. The second-order valence-electron chi connectivity index (χ2n) is 4.95. The Morgan fingerprint density at radius 3 is 2.57 bits per heavy atom. The Bertz CT molecular complexity index is 617. The maximum absolute atomic E-state index is 13.7. The van der Waals surface area contributed by atoms with E-state index in [2.05, 4.69) is 24.4 Å². The number of non-ortho nitro benzene ring substituents is 1. The number of benzene rings is 2. The van der Waals surface area contributed by atoms with Crippen molar-refractivity contribution in [3.8, 4) is 0 Å². The fourth-order valence-corrected chi connectivity index (χ4v) is 2.13. The third-order valence-corrected chi connectivity index (χ3v) is 3.42. The van der Waals surface area contributed by atoms with Gasteiger partial charge in [0.05, 0.1) is 16.7 Å². The van der Waals surface area contributed by atoms with E-state index in [1.807, 2.05) is 18.2 Å². The molecule has 5 heteroatoms. The summed E-state index contributed by atoms with van der Waals surface area (Å²) < 4.78 is 13.7. The molecule has 1 N–H and O–H groups in total. The van der Waals surface area contributed by atoms with Crippen LogP contribution in [0.1, 0.15) is 24.8 Å². The lowest BCUT2D eigenvalue weighted by Crippen LogP contribution is -2.07. The lowest BCUT2D eigenvalue weighted by molar-refractivity contribution is -0.385. The van der Waals surface area contributed by atoms with Crippen molar-refractivity contribution in [3.05, 3.63) is 70.0 Å². The molecular formula is C16H17FN2O2. The molecule has 0 radical (unpaired) electrons. The van der Waals surface area contributed by atoms with E-state index in [1.165, 1.54) is 17.7 Å². The number of halogens is 1. The molecule has 4 nitrogen and oxygen atoms in total. The van der Waals surface area contributed by atoms with Gasteiger partial charge in [0.15, 0.2) is 5.82 Å². The molecule has 0 aliphatic heterocycles. The van der Waals surface area contributed by atoms with E-state index >= 15 is 0 Å². The molecule has 0 amide bonds. The molecule has 2 aromatic rings. The molecule has 0 saturated carbocycles. The quantitative estimate of drug-likeness (QED) is 0.635. The lowest BCUT2D eigenvalue weighted by Gasteiger charge is -2.13. The Labute approximate surface area is 122 Å². The van der Waals surface area contributed by atoms with Gasteiger partial charge in [-0.3, -0.25) is 10.1 Å². The van der Waals surface area contributed by atoms with Crippen LogP contribution in [0.4, 0.5) is 15.8 Å². The third kappa shape index (κ3) is 4.02. The average Bonchev–Trinajstić information content (AvgIpc) is 2.49. The molecule has 110 valence electrons. The number of rotatable bonds is 6. The van der Waals surface area contributed by atoms with Gasteiger partial charge in [-0.1, -0.05) is 37.3 Å². The number of nitro benzene ring substituents is 1. The number of nitrogens with one attached hydrogen (secondary N) is 1. The number of anilines is 1. The van der Waals surface area contributed by atoms with Crippen molar-refractivity contribution in [1.29, 1.82) is 0 Å². The van der Waals surface area contributed by atoms with Crippen LogP contribution in [0.25, 0.3) is 0 Å². The Hall–Kier alpha value is -2.43. The number of nitro groups is 1. The molecule has 0 aliphatic rings. The zero-order valence-corrected chi connectivity index (χ0v) is 11.8. The minimum absolute atomic E-state index is 0.240. The van der Waals surface area contributed by atoms with Gasteiger partial charge in [-0.15, -0.1) is 0 Å². The van der Waals surface area contributed by atoms with Gasteiger partial charge in [-0.25, -0.2) is 4.39 Å². The lowest BCUT2D eigenvalue weighted by atomic mass is 9.98. The van der Waals surface area contributed by atoms with E-state index in [9.17, 15) is 14.5 Å². The Balaban J connectivity index is 1.90. The van der Waals surface area contributed by atoms with Crippen LogP contribution in [0.2, 0.25) is 0 Å². The Kier molecular flexibility index (Phi) is 4.87. The first kappa shape index (κ1) is 15.0. The predicted molar refractivity (Wildman–Crippen MR) is 81.0 cm³/mol. The van der Waals surface area contributed by atoms with E-state index in [0.717, 1.165) is 12.5 Å². The zero-order chi connectivity index (χ0) is 15.2. The molecule has 1 atom stereocenters. The molecule has 0 aromatic heterocycles. The van der Waals surface area contributed by atoms with Crippen molar-refractivity contribution in [2.75, 3.05) is 11.9 Å². The van der Waals surface area contributed by atoms with Gasteiger partial charge in [-0.05, 0) is 24.0 Å². The van der Waals surface area contributed by atoms with Gasteiger partial charge < -0.3 is 5.32 Å². The summed E-state index contributed by atoms with van der Waals surface area (Å²) in [5.74, 6) is -0.239. The standard InChI is InChI=1S/C16H17FN2O2/c1-12(13-5-3-2-4-6-13)9-10-18-16-8-7-14(19(20)21)11-15(16)17/h2-8,11-12,18H,9-10H2,1H3. The smallest absolute Gasteiger partial charge is 0.272 e. The topological polar surface area (TPSA) is 55.2 Å². The molecule has 0 aliphatic carbocycles. The molecule has 0 heterocycles. The SMILES string of the molecule is CC(CCNc1ccc([N+](=O)[O-])cc1F)c1ccccc1. The summed E-state index contributed by atoms with van der Waals surface area (Å²) in [4.78, 5) is 9.94. The summed E-state index contributed by atoms with van der Waals surface area (Å²) in [5, 5.41) is 13.5. The molecule has 0 bridgehead atoms. The van der Waals surface area contributed by atoms with E-state index in [0.29, 0.717) is 18.2 Å². The maximum Gasteiger partial charge on any atom is 0.272 e. The first-order valence-corrected chi connectivity index (χ1v) is 6.80. The van der Waals surface area contributed by atoms with E-state index in [1.54, 1.807) is 0 Å². The van der Waals surface area contributed by atoms with Crippen LogP contribution < -0.4 is 5.32 Å². The zero-order valence-electron chi connectivity index (χ0n) is 11.8. The van der Waals surface area contributed by atoms with Crippen LogP contribution in [-0.2, 0) is 0 Å². The Morgan fingerprint density at radius 2 is 1.95 bits per heavy atom. The maximum atomic E-state index is 13.7. The number of nitrogens with zero attached hydrogens (tertiary/aromatic N) is 1. The first-order chi connectivity index (χ1) is 10.1. The van der Waals surface area contributed by atoms with Gasteiger partial charge in [0.25, 0.3) is 5.69 Å². The third-order valence-electron chi connectivity index (χ3n) is 3.42. The molecule has 2 rings (SSSR count). The van der Waals surface area contributed by atoms with Crippen LogP contribution in [0.3, 0.4) is 0 Å². The predicted octanol–water partition coefficient (Wildman–Crippen LogP) is 4.34. The van der Waals surface area contributed by atoms with E-state index < -0.39 is 10.7 Å². The van der Waals surface area contributed by atoms with Crippen LogP contribution in [0.15, 0.2) is 48.5 Å². The highest BCUT2D eigenvalue weighted by atomic mass is 19.1. The minimum atomic E-state index is -0.607. The van der Waals surface area contributed by atoms with Crippen molar-refractivity contribution < 1.29 is 9.31 Å². The molecular weight excluding hydrogens is 271 g/mol.